The highest BCUT2D eigenvalue weighted by atomic mass is 16.7. The van der Waals surface area contributed by atoms with Crippen molar-refractivity contribution >= 4 is 11.4 Å². The molecular formula is C16H24N2O3. The van der Waals surface area contributed by atoms with Gasteiger partial charge in [0.15, 0.2) is 5.79 Å². The van der Waals surface area contributed by atoms with E-state index < -0.39 is 5.79 Å². The highest BCUT2D eigenvalue weighted by molar-refractivity contribution is 5.74. The summed E-state index contributed by atoms with van der Waals surface area (Å²) in [4.78, 5) is 2.25. The number of ether oxygens (including phenoxy) is 3. The van der Waals surface area contributed by atoms with Crippen molar-refractivity contribution in [2.45, 2.75) is 38.6 Å². The first-order valence-corrected chi connectivity index (χ1v) is 7.68. The molecule has 0 aliphatic carbocycles. The van der Waals surface area contributed by atoms with E-state index in [2.05, 4.69) is 4.90 Å². The number of nitrogens with zero attached hydrogens (tertiary/aromatic N) is 1. The number of para-hydroxylation sites is 1. The molecule has 21 heavy (non-hydrogen) atoms. The van der Waals surface area contributed by atoms with Crippen LogP contribution in [0.1, 0.15) is 26.7 Å². The average molecular weight is 292 g/mol. The molecular weight excluding hydrogens is 268 g/mol. The Labute approximate surface area is 126 Å². The van der Waals surface area contributed by atoms with E-state index in [0.29, 0.717) is 18.9 Å². The van der Waals surface area contributed by atoms with Gasteiger partial charge in [0.2, 0.25) is 0 Å². The number of rotatable bonds is 3. The minimum Gasteiger partial charge on any atom is -0.489 e. The third-order valence-corrected chi connectivity index (χ3v) is 3.98. The van der Waals surface area contributed by atoms with Gasteiger partial charge >= 0.3 is 0 Å². The summed E-state index contributed by atoms with van der Waals surface area (Å²) >= 11 is 0. The third-order valence-electron chi connectivity index (χ3n) is 3.98. The van der Waals surface area contributed by atoms with Gasteiger partial charge in [-0.05, 0) is 32.4 Å². The Bertz CT molecular complexity index is 498. The van der Waals surface area contributed by atoms with Crippen LogP contribution in [0, 0.1) is 0 Å². The van der Waals surface area contributed by atoms with Crippen LogP contribution < -0.4 is 15.4 Å². The van der Waals surface area contributed by atoms with Gasteiger partial charge in [-0.25, -0.2) is 0 Å². The van der Waals surface area contributed by atoms with Crippen LogP contribution in [0.3, 0.4) is 0 Å². The summed E-state index contributed by atoms with van der Waals surface area (Å²) in [6.45, 7) is 7.05. The maximum absolute atomic E-state index is 6.30. The predicted octanol–water partition coefficient (Wildman–Crippen LogP) is 2.40. The minimum absolute atomic E-state index is 0.108. The summed E-state index contributed by atoms with van der Waals surface area (Å²) in [7, 11) is 0. The summed E-state index contributed by atoms with van der Waals surface area (Å²) in [5, 5.41) is 0. The van der Waals surface area contributed by atoms with Crippen molar-refractivity contribution in [3.63, 3.8) is 0 Å². The molecule has 2 heterocycles. The largest absolute Gasteiger partial charge is 0.489 e. The molecule has 0 unspecified atom stereocenters. The quantitative estimate of drug-likeness (QED) is 0.867. The van der Waals surface area contributed by atoms with Crippen LogP contribution >= 0.6 is 0 Å². The molecule has 2 aliphatic heterocycles. The fourth-order valence-corrected chi connectivity index (χ4v) is 3.09. The first-order chi connectivity index (χ1) is 10.1. The zero-order chi connectivity index (χ0) is 14.9. The van der Waals surface area contributed by atoms with Gasteiger partial charge in [0.05, 0.1) is 37.2 Å². The third kappa shape index (κ3) is 2.94. The lowest BCUT2D eigenvalue weighted by atomic mass is 10.0. The molecule has 0 amide bonds. The first-order valence-electron chi connectivity index (χ1n) is 7.68. The molecule has 1 aromatic carbocycles. The molecule has 116 valence electrons. The Kier molecular flexibility index (Phi) is 3.95. The molecule has 0 radical (unpaired) electrons. The molecule has 1 spiro atoms. The molecule has 2 saturated heterocycles. The minimum atomic E-state index is -0.445. The molecule has 2 fully saturated rings. The number of piperidine rings is 1. The highest BCUT2D eigenvalue weighted by Gasteiger charge is 2.41. The normalized spacial score (nSPS) is 21.2. The van der Waals surface area contributed by atoms with E-state index >= 15 is 0 Å². The van der Waals surface area contributed by atoms with Crippen LogP contribution in [0.4, 0.5) is 11.4 Å². The van der Waals surface area contributed by atoms with Crippen molar-refractivity contribution < 1.29 is 14.2 Å². The average Bonchev–Trinajstić information content (AvgIpc) is 2.88. The first kappa shape index (κ1) is 14.5. The summed E-state index contributed by atoms with van der Waals surface area (Å²) in [5.74, 6) is 0.301. The van der Waals surface area contributed by atoms with Gasteiger partial charge in [-0.1, -0.05) is 6.07 Å². The second-order valence-electron chi connectivity index (χ2n) is 5.99. The van der Waals surface area contributed by atoms with Gasteiger partial charge in [-0.15, -0.1) is 0 Å². The molecule has 2 aliphatic rings. The molecule has 0 bridgehead atoms. The Morgan fingerprint density at radius 3 is 2.76 bits per heavy atom. The lowest BCUT2D eigenvalue weighted by Crippen LogP contribution is -2.49. The highest BCUT2D eigenvalue weighted by Crippen LogP contribution is 2.38. The van der Waals surface area contributed by atoms with Crippen molar-refractivity contribution in [2.24, 2.45) is 0 Å². The van der Waals surface area contributed by atoms with Gasteiger partial charge in [-0.3, -0.25) is 0 Å². The summed E-state index contributed by atoms with van der Waals surface area (Å²) in [6, 6.07) is 5.94. The molecule has 3 rings (SSSR count). The van der Waals surface area contributed by atoms with Crippen molar-refractivity contribution in [1.82, 2.24) is 0 Å². The molecule has 0 aromatic heterocycles. The zero-order valence-electron chi connectivity index (χ0n) is 12.8. The van der Waals surface area contributed by atoms with Gasteiger partial charge < -0.3 is 24.8 Å². The summed E-state index contributed by atoms with van der Waals surface area (Å²) in [6.07, 6.45) is 2.09. The van der Waals surface area contributed by atoms with Crippen molar-refractivity contribution in [3.05, 3.63) is 18.2 Å². The lowest BCUT2D eigenvalue weighted by molar-refractivity contribution is -0.161. The summed E-state index contributed by atoms with van der Waals surface area (Å²) < 4.78 is 17.4. The maximum atomic E-state index is 6.30. The second-order valence-corrected chi connectivity index (χ2v) is 5.99. The SMILES string of the molecule is CC(C)Oc1cccc(N2CCCC3(C2)OCCO3)c1N. The number of nitrogen functional groups attached to an aromatic ring is 1. The maximum Gasteiger partial charge on any atom is 0.186 e. The Morgan fingerprint density at radius 1 is 1.29 bits per heavy atom. The molecule has 5 nitrogen and oxygen atoms in total. The molecule has 5 heteroatoms. The van der Waals surface area contributed by atoms with E-state index in [1.54, 1.807) is 0 Å². The van der Waals surface area contributed by atoms with Crippen LogP contribution in [-0.4, -0.2) is 38.2 Å². The monoisotopic (exact) mass is 292 g/mol. The Morgan fingerprint density at radius 2 is 2.05 bits per heavy atom. The number of nitrogens with two attached hydrogens (primary N) is 1. The zero-order valence-corrected chi connectivity index (χ0v) is 12.8. The van der Waals surface area contributed by atoms with Crippen molar-refractivity contribution in [2.75, 3.05) is 36.9 Å². The number of hydrogen-bond donors (Lipinski definition) is 1. The van der Waals surface area contributed by atoms with Gasteiger partial charge in [0.1, 0.15) is 5.75 Å². The second kappa shape index (κ2) is 5.73. The van der Waals surface area contributed by atoms with E-state index in [1.807, 2.05) is 32.0 Å². The summed E-state index contributed by atoms with van der Waals surface area (Å²) in [5.41, 5.74) is 8.00. The van der Waals surface area contributed by atoms with Gasteiger partial charge in [0, 0.05) is 13.0 Å². The molecule has 2 N–H and O–H groups in total. The van der Waals surface area contributed by atoms with Crippen LogP contribution in [0.2, 0.25) is 0 Å². The van der Waals surface area contributed by atoms with Gasteiger partial charge in [0.25, 0.3) is 0 Å². The molecule has 0 atom stereocenters. The number of hydrogen-bond acceptors (Lipinski definition) is 5. The van der Waals surface area contributed by atoms with E-state index in [-0.39, 0.29) is 6.10 Å². The predicted molar refractivity (Wildman–Crippen MR) is 82.7 cm³/mol. The van der Waals surface area contributed by atoms with E-state index in [0.717, 1.165) is 37.4 Å². The Balaban J connectivity index is 1.82. The standard InChI is InChI=1S/C16H24N2O3/c1-12(2)21-14-6-3-5-13(15(14)17)18-8-4-7-16(11-18)19-9-10-20-16/h3,5-6,12H,4,7-11,17H2,1-2H3. The topological polar surface area (TPSA) is 57.0 Å². The van der Waals surface area contributed by atoms with Crippen LogP contribution in [-0.2, 0) is 9.47 Å². The number of anilines is 2. The smallest absolute Gasteiger partial charge is 0.186 e. The van der Waals surface area contributed by atoms with Gasteiger partial charge in [-0.2, -0.15) is 0 Å². The molecule has 0 saturated carbocycles. The van der Waals surface area contributed by atoms with Crippen LogP contribution in [0.25, 0.3) is 0 Å². The fraction of sp³-hybridized carbons (Fsp3) is 0.625. The van der Waals surface area contributed by atoms with E-state index in [4.69, 9.17) is 19.9 Å². The van der Waals surface area contributed by atoms with Crippen molar-refractivity contribution in [3.8, 4) is 5.75 Å². The lowest BCUT2D eigenvalue weighted by Gasteiger charge is -2.40. The van der Waals surface area contributed by atoms with Crippen molar-refractivity contribution in [1.29, 1.82) is 0 Å². The van der Waals surface area contributed by atoms with Crippen LogP contribution in [0.15, 0.2) is 18.2 Å². The number of benzene rings is 1. The van der Waals surface area contributed by atoms with Crippen LogP contribution in [0.5, 0.6) is 5.75 Å². The molecule has 1 aromatic rings. The fourth-order valence-electron chi connectivity index (χ4n) is 3.09. The van der Waals surface area contributed by atoms with E-state index in [9.17, 15) is 0 Å². The Hall–Kier alpha value is -1.46. The van der Waals surface area contributed by atoms with E-state index in [1.165, 1.54) is 0 Å².